The van der Waals surface area contributed by atoms with Gasteiger partial charge in [-0.3, -0.25) is 4.79 Å². The maximum Gasteiger partial charge on any atom is 0.189 e. The maximum atomic E-state index is 12.0. The summed E-state index contributed by atoms with van der Waals surface area (Å²) in [4.78, 5) is 12.0. The first-order chi connectivity index (χ1) is 11.8. The highest BCUT2D eigenvalue weighted by atomic mass is 16.7. The molecule has 1 rings (SSSR count). The van der Waals surface area contributed by atoms with Gasteiger partial charge in [0, 0.05) is 7.11 Å². The van der Waals surface area contributed by atoms with Gasteiger partial charge in [0.25, 0.3) is 0 Å². The fraction of sp³-hybridized carbons (Fsp3) is 0.929. The summed E-state index contributed by atoms with van der Waals surface area (Å²) in [6.07, 6.45) is -11.0. The first kappa shape index (κ1) is 22.3. The molecule has 6 N–H and O–H groups in total. The first-order valence-corrected chi connectivity index (χ1v) is 7.69. The Kier molecular flexibility index (Phi) is 9.30. The zero-order valence-corrected chi connectivity index (χ0v) is 14.0. The van der Waals surface area contributed by atoms with E-state index in [0.717, 1.165) is 0 Å². The second-order valence-electron chi connectivity index (χ2n) is 5.54. The highest BCUT2D eigenvalue weighted by Crippen LogP contribution is 2.26. The lowest BCUT2D eigenvalue weighted by Gasteiger charge is -2.42. The number of carbonyl (C=O) groups is 1. The van der Waals surface area contributed by atoms with Crippen LogP contribution in [0, 0.1) is 0 Å². The number of carbonyl (C=O) groups excluding carboxylic acids is 1. The Morgan fingerprint density at radius 1 is 1.20 bits per heavy atom. The summed E-state index contributed by atoms with van der Waals surface area (Å²) >= 11 is 0. The van der Waals surface area contributed by atoms with Gasteiger partial charge in [-0.2, -0.15) is 0 Å². The van der Waals surface area contributed by atoms with Crippen LogP contribution < -0.4 is 0 Å². The molecule has 0 bridgehead atoms. The minimum Gasteiger partial charge on any atom is -0.394 e. The minimum atomic E-state index is -1.56. The molecule has 1 aliphatic rings. The van der Waals surface area contributed by atoms with E-state index in [4.69, 9.17) is 24.1 Å². The Morgan fingerprint density at radius 3 is 2.28 bits per heavy atom. The van der Waals surface area contributed by atoms with Gasteiger partial charge in [0.15, 0.2) is 18.4 Å². The molecule has 25 heavy (non-hydrogen) atoms. The van der Waals surface area contributed by atoms with Crippen molar-refractivity contribution < 1.29 is 54.4 Å². The topological polar surface area (TPSA) is 175 Å². The molecule has 1 fully saturated rings. The molecule has 0 aromatic heterocycles. The number of aliphatic hydroxyl groups is 6. The van der Waals surface area contributed by atoms with E-state index in [2.05, 4.69) is 0 Å². The summed E-state index contributed by atoms with van der Waals surface area (Å²) in [5.74, 6) is -0.876. The number of ketones is 1. The van der Waals surface area contributed by atoms with Crippen molar-refractivity contribution in [3.05, 3.63) is 0 Å². The summed E-state index contributed by atoms with van der Waals surface area (Å²) < 4.78 is 20.7. The number of hydrogen-bond acceptors (Lipinski definition) is 11. The molecule has 1 heterocycles. The summed E-state index contributed by atoms with van der Waals surface area (Å²) in [5.41, 5.74) is 0. The van der Waals surface area contributed by atoms with Crippen molar-refractivity contribution in [1.29, 1.82) is 0 Å². The molecule has 0 radical (unpaired) electrons. The van der Waals surface area contributed by atoms with E-state index in [1.54, 1.807) is 0 Å². The maximum absolute atomic E-state index is 12.0. The van der Waals surface area contributed by atoms with Crippen LogP contribution in [-0.2, 0) is 23.7 Å². The van der Waals surface area contributed by atoms with Crippen molar-refractivity contribution in [2.45, 2.75) is 56.1 Å². The number of Topliss-reactive ketones (excluding diaryl/α,β-unsaturated/α-hetero) is 1. The molecule has 0 spiro atoms. The van der Waals surface area contributed by atoms with Gasteiger partial charge in [0.05, 0.1) is 13.2 Å². The Labute approximate surface area is 144 Å². The molecular weight excluding hydrogens is 344 g/mol. The third kappa shape index (κ3) is 5.62. The summed E-state index contributed by atoms with van der Waals surface area (Å²) in [6.45, 7) is -1.05. The molecule has 0 aliphatic carbocycles. The number of rotatable bonds is 10. The molecule has 11 heteroatoms. The van der Waals surface area contributed by atoms with Gasteiger partial charge in [-0.1, -0.05) is 0 Å². The number of methoxy groups -OCH3 is 1. The van der Waals surface area contributed by atoms with Crippen LogP contribution in [0.1, 0.15) is 6.92 Å². The van der Waals surface area contributed by atoms with E-state index in [0.29, 0.717) is 0 Å². The monoisotopic (exact) mass is 370 g/mol. The average Bonchev–Trinajstić information content (AvgIpc) is 2.59. The average molecular weight is 370 g/mol. The molecule has 1 saturated heterocycles. The van der Waals surface area contributed by atoms with E-state index < -0.39 is 74.8 Å². The van der Waals surface area contributed by atoms with Crippen molar-refractivity contribution in [1.82, 2.24) is 0 Å². The molecule has 4 unspecified atom stereocenters. The fourth-order valence-electron chi connectivity index (χ4n) is 2.48. The molecule has 148 valence electrons. The lowest BCUT2D eigenvalue weighted by atomic mass is 9.99. The van der Waals surface area contributed by atoms with Crippen LogP contribution in [-0.4, -0.2) is 113 Å². The van der Waals surface area contributed by atoms with E-state index >= 15 is 0 Å². The van der Waals surface area contributed by atoms with Gasteiger partial charge in [0.2, 0.25) is 0 Å². The van der Waals surface area contributed by atoms with Crippen LogP contribution in [0.4, 0.5) is 0 Å². The molecule has 0 aromatic carbocycles. The van der Waals surface area contributed by atoms with Gasteiger partial charge in [-0.05, 0) is 6.92 Å². The Balaban J connectivity index is 3.01. The molecule has 0 amide bonds. The standard InChI is InChI=1S/C14H26O11/c1-6(18)23-9(5-17)12(7(19)3-15)25-14-13(22-2)11(21)10(20)8(4-16)24-14/h6,8-18,20-21H,3-5H2,1-2H3/t6?,8?,9?,10-,11-,12+,13?,14-/m1/s1. The van der Waals surface area contributed by atoms with E-state index in [1.807, 2.05) is 0 Å². The Bertz CT molecular complexity index is 404. The Hall–Kier alpha value is -0.730. The number of aliphatic hydroxyl groups excluding tert-OH is 6. The molecule has 0 aromatic rings. The number of ether oxygens (including phenoxy) is 4. The number of hydrogen-bond donors (Lipinski definition) is 6. The van der Waals surface area contributed by atoms with Crippen molar-refractivity contribution in [2.75, 3.05) is 26.9 Å². The van der Waals surface area contributed by atoms with Crippen LogP contribution in [0.2, 0.25) is 0 Å². The lowest BCUT2D eigenvalue weighted by Crippen LogP contribution is -2.61. The third-order valence-electron chi connectivity index (χ3n) is 3.74. The quantitative estimate of drug-likeness (QED) is 0.207. The molecule has 11 nitrogen and oxygen atoms in total. The summed E-state index contributed by atoms with van der Waals surface area (Å²) in [6, 6.07) is 0. The van der Waals surface area contributed by atoms with Gasteiger partial charge < -0.3 is 49.6 Å². The zero-order valence-electron chi connectivity index (χ0n) is 14.0. The SMILES string of the molecule is COC1[C@@H](O[C@@H](C(=O)CO)C(CO)OC(C)O)OC(CO)[C@@H](O)[C@H]1O. The first-order valence-electron chi connectivity index (χ1n) is 7.69. The van der Waals surface area contributed by atoms with Crippen LogP contribution in [0.5, 0.6) is 0 Å². The fourth-order valence-corrected chi connectivity index (χ4v) is 2.48. The van der Waals surface area contributed by atoms with Gasteiger partial charge in [-0.25, -0.2) is 0 Å². The van der Waals surface area contributed by atoms with Gasteiger partial charge in [-0.15, -0.1) is 0 Å². The summed E-state index contributed by atoms with van der Waals surface area (Å²) in [7, 11) is 1.21. The van der Waals surface area contributed by atoms with Crippen LogP contribution >= 0.6 is 0 Å². The normalized spacial score (nSPS) is 33.7. The van der Waals surface area contributed by atoms with Crippen molar-refractivity contribution in [2.24, 2.45) is 0 Å². The van der Waals surface area contributed by atoms with Crippen LogP contribution in [0.3, 0.4) is 0 Å². The largest absolute Gasteiger partial charge is 0.394 e. The van der Waals surface area contributed by atoms with Gasteiger partial charge in [0.1, 0.15) is 43.2 Å². The minimum absolute atomic E-state index is 0.638. The van der Waals surface area contributed by atoms with Crippen molar-refractivity contribution >= 4 is 5.78 Å². The lowest BCUT2D eigenvalue weighted by molar-refractivity contribution is -0.322. The smallest absolute Gasteiger partial charge is 0.189 e. The highest BCUT2D eigenvalue weighted by Gasteiger charge is 2.47. The summed E-state index contributed by atoms with van der Waals surface area (Å²) in [5, 5.41) is 56.9. The highest BCUT2D eigenvalue weighted by molar-refractivity contribution is 5.84. The van der Waals surface area contributed by atoms with Gasteiger partial charge >= 0.3 is 0 Å². The second-order valence-corrected chi connectivity index (χ2v) is 5.54. The predicted molar refractivity (Wildman–Crippen MR) is 79.2 cm³/mol. The predicted octanol–water partition coefficient (Wildman–Crippen LogP) is -3.90. The molecular formula is C14H26O11. The molecule has 0 saturated carbocycles. The third-order valence-corrected chi connectivity index (χ3v) is 3.74. The Morgan fingerprint density at radius 2 is 1.84 bits per heavy atom. The van der Waals surface area contributed by atoms with E-state index in [-0.39, 0.29) is 0 Å². The van der Waals surface area contributed by atoms with Crippen molar-refractivity contribution in [3.63, 3.8) is 0 Å². The zero-order chi connectivity index (χ0) is 19.1. The van der Waals surface area contributed by atoms with E-state index in [9.17, 15) is 30.3 Å². The van der Waals surface area contributed by atoms with Crippen LogP contribution in [0.15, 0.2) is 0 Å². The van der Waals surface area contributed by atoms with E-state index in [1.165, 1.54) is 14.0 Å². The molecule has 8 atom stereocenters. The second kappa shape index (κ2) is 10.4. The van der Waals surface area contributed by atoms with Crippen molar-refractivity contribution in [3.8, 4) is 0 Å². The van der Waals surface area contributed by atoms with Crippen LogP contribution in [0.25, 0.3) is 0 Å². The molecule has 1 aliphatic heterocycles.